The molecule has 3 heteroatoms. The number of hydrogen-bond donors (Lipinski definition) is 2. The summed E-state index contributed by atoms with van der Waals surface area (Å²) in [6, 6.07) is 12.7. The largest absolute Gasteiger partial charge is 0.507 e. The Balaban J connectivity index is 2.32. The number of aromatic carboxylic acids is 1. The predicted octanol–water partition coefficient (Wildman–Crippen LogP) is 2.99. The Hall–Kier alpha value is -2.29. The second-order valence-corrected chi connectivity index (χ2v) is 4.28. The van der Waals surface area contributed by atoms with Gasteiger partial charge in [-0.15, -0.1) is 0 Å². The number of carboxylic acid groups (broad SMARTS) is 1. The van der Waals surface area contributed by atoms with Gasteiger partial charge in [-0.05, 0) is 24.1 Å². The van der Waals surface area contributed by atoms with E-state index in [1.807, 2.05) is 31.2 Å². The number of aryl methyl sites for hydroxylation is 1. The molecule has 2 aromatic carbocycles. The highest BCUT2D eigenvalue weighted by molar-refractivity contribution is 5.91. The van der Waals surface area contributed by atoms with Crippen molar-refractivity contribution in [3.8, 4) is 5.75 Å². The van der Waals surface area contributed by atoms with Crippen LogP contribution in [-0.4, -0.2) is 16.2 Å². The van der Waals surface area contributed by atoms with Crippen molar-refractivity contribution >= 4 is 5.97 Å². The van der Waals surface area contributed by atoms with Gasteiger partial charge in [-0.3, -0.25) is 0 Å². The molecule has 92 valence electrons. The second-order valence-electron chi connectivity index (χ2n) is 4.28. The van der Waals surface area contributed by atoms with Gasteiger partial charge in [-0.25, -0.2) is 4.79 Å². The summed E-state index contributed by atoms with van der Waals surface area (Å²) in [6.45, 7) is 2.01. The third kappa shape index (κ3) is 2.51. The summed E-state index contributed by atoms with van der Waals surface area (Å²) < 4.78 is 0. The van der Waals surface area contributed by atoms with Crippen LogP contribution in [0.25, 0.3) is 0 Å². The van der Waals surface area contributed by atoms with Crippen molar-refractivity contribution in [3.63, 3.8) is 0 Å². The van der Waals surface area contributed by atoms with Gasteiger partial charge in [0.1, 0.15) is 11.3 Å². The van der Waals surface area contributed by atoms with Crippen LogP contribution in [0.3, 0.4) is 0 Å². The molecule has 0 aliphatic carbocycles. The molecule has 0 unspecified atom stereocenters. The lowest BCUT2D eigenvalue weighted by atomic mass is 10.0. The quantitative estimate of drug-likeness (QED) is 0.869. The molecule has 2 rings (SSSR count). The maximum absolute atomic E-state index is 10.9. The van der Waals surface area contributed by atoms with Crippen LogP contribution in [0.4, 0.5) is 0 Å². The minimum atomic E-state index is -1.11. The summed E-state index contributed by atoms with van der Waals surface area (Å²) >= 11 is 0. The van der Waals surface area contributed by atoms with E-state index in [2.05, 4.69) is 0 Å². The van der Waals surface area contributed by atoms with E-state index >= 15 is 0 Å². The van der Waals surface area contributed by atoms with E-state index in [4.69, 9.17) is 5.11 Å². The van der Waals surface area contributed by atoms with E-state index in [-0.39, 0.29) is 11.3 Å². The number of rotatable bonds is 3. The Bertz CT molecular complexity index is 571. The molecule has 0 aromatic heterocycles. The van der Waals surface area contributed by atoms with Crippen molar-refractivity contribution in [2.24, 2.45) is 0 Å². The fraction of sp³-hybridized carbons (Fsp3) is 0.133. The molecule has 0 saturated carbocycles. The van der Waals surface area contributed by atoms with Gasteiger partial charge in [-0.1, -0.05) is 42.0 Å². The minimum Gasteiger partial charge on any atom is -0.507 e. The Morgan fingerprint density at radius 3 is 2.39 bits per heavy atom. The van der Waals surface area contributed by atoms with Crippen LogP contribution in [-0.2, 0) is 6.42 Å². The smallest absolute Gasteiger partial charge is 0.339 e. The first kappa shape index (κ1) is 12.2. The van der Waals surface area contributed by atoms with E-state index in [0.29, 0.717) is 12.0 Å². The number of hydrogen-bond acceptors (Lipinski definition) is 2. The SMILES string of the molecule is Cc1ccc(Cc2cccc(C(=O)O)c2O)cc1. The molecule has 0 bridgehead atoms. The number of carboxylic acids is 1. The number of para-hydroxylation sites is 1. The first-order valence-corrected chi connectivity index (χ1v) is 5.67. The highest BCUT2D eigenvalue weighted by Gasteiger charge is 2.12. The lowest BCUT2D eigenvalue weighted by Gasteiger charge is -2.07. The molecule has 3 nitrogen and oxygen atoms in total. The van der Waals surface area contributed by atoms with E-state index in [1.54, 1.807) is 12.1 Å². The fourth-order valence-corrected chi connectivity index (χ4v) is 1.83. The van der Waals surface area contributed by atoms with Gasteiger partial charge in [-0.2, -0.15) is 0 Å². The lowest BCUT2D eigenvalue weighted by molar-refractivity contribution is 0.0693. The molecule has 0 radical (unpaired) electrons. The highest BCUT2D eigenvalue weighted by atomic mass is 16.4. The summed E-state index contributed by atoms with van der Waals surface area (Å²) in [5.74, 6) is -1.26. The second kappa shape index (κ2) is 4.92. The summed E-state index contributed by atoms with van der Waals surface area (Å²) in [5, 5.41) is 18.8. The van der Waals surface area contributed by atoms with E-state index in [9.17, 15) is 9.90 Å². The van der Waals surface area contributed by atoms with Gasteiger partial charge in [0.2, 0.25) is 0 Å². The molecular weight excluding hydrogens is 228 g/mol. The summed E-state index contributed by atoms with van der Waals surface area (Å²) in [5.41, 5.74) is 2.78. The Kier molecular flexibility index (Phi) is 3.33. The number of phenols is 1. The Morgan fingerprint density at radius 1 is 1.11 bits per heavy atom. The van der Waals surface area contributed by atoms with Crippen molar-refractivity contribution in [2.45, 2.75) is 13.3 Å². The third-order valence-corrected chi connectivity index (χ3v) is 2.87. The van der Waals surface area contributed by atoms with E-state index < -0.39 is 5.97 Å². The number of benzene rings is 2. The number of carbonyl (C=O) groups is 1. The normalized spacial score (nSPS) is 10.3. The van der Waals surface area contributed by atoms with Crippen molar-refractivity contribution in [1.82, 2.24) is 0 Å². The van der Waals surface area contributed by atoms with Crippen molar-refractivity contribution in [2.75, 3.05) is 0 Å². The Labute approximate surface area is 105 Å². The molecule has 0 aliphatic heterocycles. The van der Waals surface area contributed by atoms with Gasteiger partial charge in [0.05, 0.1) is 0 Å². The standard InChI is InChI=1S/C15H14O3/c1-10-5-7-11(8-6-10)9-12-3-2-4-13(14(12)16)15(17)18/h2-8,16H,9H2,1H3,(H,17,18). The first-order valence-electron chi connectivity index (χ1n) is 5.67. The zero-order chi connectivity index (χ0) is 13.1. The molecular formula is C15H14O3. The molecule has 18 heavy (non-hydrogen) atoms. The molecule has 0 heterocycles. The molecule has 2 N–H and O–H groups in total. The van der Waals surface area contributed by atoms with Gasteiger partial charge < -0.3 is 10.2 Å². The topological polar surface area (TPSA) is 57.5 Å². The molecule has 0 fully saturated rings. The van der Waals surface area contributed by atoms with Crippen LogP contribution in [0.2, 0.25) is 0 Å². The van der Waals surface area contributed by atoms with Gasteiger partial charge in [0, 0.05) is 6.42 Å². The van der Waals surface area contributed by atoms with Crippen LogP contribution in [0.5, 0.6) is 5.75 Å². The summed E-state index contributed by atoms with van der Waals surface area (Å²) in [6.07, 6.45) is 0.521. The maximum atomic E-state index is 10.9. The van der Waals surface area contributed by atoms with Crippen LogP contribution in [0.15, 0.2) is 42.5 Å². The monoisotopic (exact) mass is 242 g/mol. The van der Waals surface area contributed by atoms with Gasteiger partial charge >= 0.3 is 5.97 Å². The molecule has 2 aromatic rings. The van der Waals surface area contributed by atoms with Gasteiger partial charge in [0.25, 0.3) is 0 Å². The van der Waals surface area contributed by atoms with E-state index in [0.717, 1.165) is 5.56 Å². The van der Waals surface area contributed by atoms with Crippen LogP contribution >= 0.6 is 0 Å². The summed E-state index contributed by atoms with van der Waals surface area (Å²) in [4.78, 5) is 10.9. The fourth-order valence-electron chi connectivity index (χ4n) is 1.83. The average molecular weight is 242 g/mol. The van der Waals surface area contributed by atoms with Gasteiger partial charge in [0.15, 0.2) is 0 Å². The zero-order valence-corrected chi connectivity index (χ0v) is 10.1. The van der Waals surface area contributed by atoms with Crippen molar-refractivity contribution < 1.29 is 15.0 Å². The summed E-state index contributed by atoms with van der Waals surface area (Å²) in [7, 11) is 0. The Morgan fingerprint density at radius 2 is 1.78 bits per heavy atom. The molecule has 0 atom stereocenters. The first-order chi connectivity index (χ1) is 8.58. The maximum Gasteiger partial charge on any atom is 0.339 e. The zero-order valence-electron chi connectivity index (χ0n) is 10.1. The number of aromatic hydroxyl groups is 1. The van der Waals surface area contributed by atoms with Crippen molar-refractivity contribution in [3.05, 3.63) is 64.7 Å². The predicted molar refractivity (Wildman–Crippen MR) is 69.1 cm³/mol. The van der Waals surface area contributed by atoms with Crippen molar-refractivity contribution in [1.29, 1.82) is 0 Å². The van der Waals surface area contributed by atoms with Crippen LogP contribution < -0.4 is 0 Å². The molecule has 0 saturated heterocycles. The van der Waals surface area contributed by atoms with E-state index in [1.165, 1.54) is 11.6 Å². The molecule has 0 amide bonds. The van der Waals surface area contributed by atoms with Crippen LogP contribution in [0.1, 0.15) is 27.0 Å². The lowest BCUT2D eigenvalue weighted by Crippen LogP contribution is -1.99. The minimum absolute atomic E-state index is 0.0559. The molecule has 0 aliphatic rings. The van der Waals surface area contributed by atoms with Crippen LogP contribution in [0, 0.1) is 6.92 Å². The highest BCUT2D eigenvalue weighted by Crippen LogP contribution is 2.25. The third-order valence-electron chi connectivity index (χ3n) is 2.87. The average Bonchev–Trinajstić information content (AvgIpc) is 2.34. The molecule has 0 spiro atoms.